The van der Waals surface area contributed by atoms with Gasteiger partial charge in [-0.2, -0.15) is 0 Å². The third-order valence-corrected chi connectivity index (χ3v) is 4.88. The Labute approximate surface area is 125 Å². The molecular formula is C16H11ClN2S. The highest BCUT2D eigenvalue weighted by molar-refractivity contribution is 8.14. The van der Waals surface area contributed by atoms with Crippen molar-refractivity contribution in [2.45, 2.75) is 11.4 Å². The van der Waals surface area contributed by atoms with Gasteiger partial charge in [-0.05, 0) is 18.2 Å². The summed E-state index contributed by atoms with van der Waals surface area (Å²) >= 11 is 7.67. The Morgan fingerprint density at radius 2 is 1.85 bits per heavy atom. The number of halogens is 1. The molecular weight excluding hydrogens is 288 g/mol. The average molecular weight is 299 g/mol. The van der Waals surface area contributed by atoms with Crippen molar-refractivity contribution in [1.82, 2.24) is 4.98 Å². The first-order chi connectivity index (χ1) is 9.81. The fourth-order valence-electron chi connectivity index (χ4n) is 2.42. The van der Waals surface area contributed by atoms with Crippen molar-refractivity contribution in [2.75, 3.05) is 0 Å². The van der Waals surface area contributed by atoms with Crippen molar-refractivity contribution in [1.29, 1.82) is 0 Å². The van der Waals surface area contributed by atoms with E-state index in [4.69, 9.17) is 11.6 Å². The van der Waals surface area contributed by atoms with Crippen LogP contribution in [0.2, 0.25) is 5.02 Å². The van der Waals surface area contributed by atoms with E-state index in [0.29, 0.717) is 6.54 Å². The minimum Gasteiger partial charge on any atom is -0.356 e. The lowest BCUT2D eigenvalue weighted by Gasteiger charge is -2.12. The zero-order valence-corrected chi connectivity index (χ0v) is 12.1. The third-order valence-electron chi connectivity index (χ3n) is 3.40. The Kier molecular flexibility index (Phi) is 2.83. The summed E-state index contributed by atoms with van der Waals surface area (Å²) in [6.07, 6.45) is 0. The zero-order chi connectivity index (χ0) is 13.5. The van der Waals surface area contributed by atoms with Gasteiger partial charge in [0, 0.05) is 26.4 Å². The lowest BCUT2D eigenvalue weighted by molar-refractivity contribution is 0.982. The second-order valence-electron chi connectivity index (χ2n) is 4.71. The van der Waals surface area contributed by atoms with Gasteiger partial charge in [0.2, 0.25) is 0 Å². The van der Waals surface area contributed by atoms with Crippen LogP contribution in [0.3, 0.4) is 0 Å². The van der Waals surface area contributed by atoms with Crippen LogP contribution in [0.25, 0.3) is 10.9 Å². The molecule has 4 heteroatoms. The molecule has 2 nitrogen and oxygen atoms in total. The van der Waals surface area contributed by atoms with Gasteiger partial charge in [-0.15, -0.1) is 0 Å². The maximum atomic E-state index is 5.94. The van der Waals surface area contributed by atoms with E-state index in [1.54, 1.807) is 11.8 Å². The lowest BCUT2D eigenvalue weighted by Crippen LogP contribution is -2.02. The van der Waals surface area contributed by atoms with E-state index in [1.165, 1.54) is 21.5 Å². The van der Waals surface area contributed by atoms with Crippen LogP contribution in [0.4, 0.5) is 0 Å². The molecule has 4 rings (SSSR count). The third kappa shape index (κ3) is 1.94. The van der Waals surface area contributed by atoms with Gasteiger partial charge in [0.05, 0.1) is 12.2 Å². The first-order valence-electron chi connectivity index (χ1n) is 6.39. The first-order valence-corrected chi connectivity index (χ1v) is 7.58. The van der Waals surface area contributed by atoms with E-state index in [-0.39, 0.29) is 0 Å². The number of fused-ring (bicyclic) bond motifs is 3. The molecule has 0 saturated carbocycles. The molecule has 1 aliphatic rings. The predicted octanol–water partition coefficient (Wildman–Crippen LogP) is 4.87. The first kappa shape index (κ1) is 12.1. The standard InChI is InChI=1S/C16H11ClN2S/c17-11-7-5-10(6-8-11)16-18-9-14-15(20-16)12-3-1-2-4-13(12)19-14/h1-8,19H,9H2. The summed E-state index contributed by atoms with van der Waals surface area (Å²) < 4.78 is 0. The highest BCUT2D eigenvalue weighted by Gasteiger charge is 2.19. The van der Waals surface area contributed by atoms with Crippen molar-refractivity contribution in [3.63, 3.8) is 0 Å². The van der Waals surface area contributed by atoms with Gasteiger partial charge >= 0.3 is 0 Å². The molecule has 0 radical (unpaired) electrons. The lowest BCUT2D eigenvalue weighted by atomic mass is 10.2. The summed E-state index contributed by atoms with van der Waals surface area (Å²) in [5.41, 5.74) is 3.50. The molecule has 98 valence electrons. The topological polar surface area (TPSA) is 28.1 Å². The summed E-state index contributed by atoms with van der Waals surface area (Å²) in [6.45, 7) is 0.703. The molecule has 1 aromatic heterocycles. The number of hydrogen-bond acceptors (Lipinski definition) is 2. The molecule has 2 heterocycles. The molecule has 3 aromatic rings. The number of aromatic nitrogens is 1. The largest absolute Gasteiger partial charge is 0.356 e. The maximum absolute atomic E-state index is 5.94. The molecule has 0 fully saturated rings. The van der Waals surface area contributed by atoms with E-state index in [0.717, 1.165) is 15.6 Å². The number of benzene rings is 2. The molecule has 0 atom stereocenters. The highest BCUT2D eigenvalue weighted by Crippen LogP contribution is 2.37. The van der Waals surface area contributed by atoms with Gasteiger partial charge < -0.3 is 4.98 Å². The Bertz CT molecular complexity index is 818. The van der Waals surface area contributed by atoms with Crippen molar-refractivity contribution in [3.8, 4) is 0 Å². The molecule has 20 heavy (non-hydrogen) atoms. The number of H-pyrrole nitrogens is 1. The van der Waals surface area contributed by atoms with Crippen molar-refractivity contribution >= 4 is 39.3 Å². The number of hydrogen-bond donors (Lipinski definition) is 1. The molecule has 1 aliphatic heterocycles. The van der Waals surface area contributed by atoms with Gasteiger partial charge in [-0.3, -0.25) is 4.99 Å². The van der Waals surface area contributed by atoms with Gasteiger partial charge in [-0.25, -0.2) is 0 Å². The number of aromatic amines is 1. The molecule has 0 bridgehead atoms. The van der Waals surface area contributed by atoms with Gasteiger partial charge in [0.1, 0.15) is 5.04 Å². The summed E-state index contributed by atoms with van der Waals surface area (Å²) in [4.78, 5) is 9.41. The minimum atomic E-state index is 0.703. The number of nitrogens with zero attached hydrogens (tertiary/aromatic N) is 1. The van der Waals surface area contributed by atoms with Gasteiger partial charge in [-0.1, -0.05) is 53.7 Å². The summed E-state index contributed by atoms with van der Waals surface area (Å²) in [7, 11) is 0. The normalized spacial score (nSPS) is 14.2. The number of para-hydroxylation sites is 1. The van der Waals surface area contributed by atoms with Crippen LogP contribution in [0.15, 0.2) is 58.4 Å². The number of nitrogens with one attached hydrogen (secondary N) is 1. The SMILES string of the molecule is Clc1ccc(C2=NCc3[nH]c4ccccc4c3S2)cc1. The summed E-state index contributed by atoms with van der Waals surface area (Å²) in [5, 5.41) is 3.08. The van der Waals surface area contributed by atoms with Crippen molar-refractivity contribution < 1.29 is 0 Å². The quantitative estimate of drug-likeness (QED) is 0.682. The van der Waals surface area contributed by atoms with Crippen LogP contribution in [-0.4, -0.2) is 10.0 Å². The molecule has 0 unspecified atom stereocenters. The summed E-state index contributed by atoms with van der Waals surface area (Å²) in [6, 6.07) is 16.2. The van der Waals surface area contributed by atoms with Crippen LogP contribution in [0, 0.1) is 0 Å². The minimum absolute atomic E-state index is 0.703. The second kappa shape index (κ2) is 4.69. The molecule has 0 aliphatic carbocycles. The second-order valence-corrected chi connectivity index (χ2v) is 6.14. The zero-order valence-electron chi connectivity index (χ0n) is 10.6. The molecule has 0 saturated heterocycles. The smallest absolute Gasteiger partial charge is 0.103 e. The molecule has 0 spiro atoms. The van der Waals surface area contributed by atoms with Crippen LogP contribution in [-0.2, 0) is 6.54 Å². The Hall–Kier alpha value is -1.71. The number of rotatable bonds is 1. The Morgan fingerprint density at radius 1 is 1.05 bits per heavy atom. The Morgan fingerprint density at radius 3 is 2.70 bits per heavy atom. The molecule has 0 amide bonds. The van der Waals surface area contributed by atoms with E-state index in [2.05, 4.69) is 34.2 Å². The fraction of sp³-hybridized carbons (Fsp3) is 0.0625. The number of thioether (sulfide) groups is 1. The maximum Gasteiger partial charge on any atom is 0.103 e. The van der Waals surface area contributed by atoms with Gasteiger partial charge in [0.15, 0.2) is 0 Å². The molecule has 2 aromatic carbocycles. The summed E-state index contributed by atoms with van der Waals surface area (Å²) in [5.74, 6) is 0. The van der Waals surface area contributed by atoms with Crippen molar-refractivity contribution in [2.24, 2.45) is 4.99 Å². The fourth-order valence-corrected chi connectivity index (χ4v) is 3.65. The van der Waals surface area contributed by atoms with Crippen LogP contribution in [0.1, 0.15) is 11.3 Å². The highest BCUT2D eigenvalue weighted by atomic mass is 35.5. The van der Waals surface area contributed by atoms with E-state index in [9.17, 15) is 0 Å². The van der Waals surface area contributed by atoms with Crippen LogP contribution >= 0.6 is 23.4 Å². The van der Waals surface area contributed by atoms with E-state index in [1.807, 2.05) is 24.3 Å². The number of aliphatic imine (C=N–C) groups is 1. The predicted molar refractivity (Wildman–Crippen MR) is 85.8 cm³/mol. The van der Waals surface area contributed by atoms with E-state index >= 15 is 0 Å². The molecule has 1 N–H and O–H groups in total. The Balaban J connectivity index is 1.77. The average Bonchev–Trinajstić information content (AvgIpc) is 2.86. The van der Waals surface area contributed by atoms with E-state index < -0.39 is 0 Å². The monoisotopic (exact) mass is 298 g/mol. The van der Waals surface area contributed by atoms with Crippen LogP contribution < -0.4 is 0 Å². The van der Waals surface area contributed by atoms with Crippen molar-refractivity contribution in [3.05, 3.63) is 64.8 Å². The van der Waals surface area contributed by atoms with Gasteiger partial charge in [0.25, 0.3) is 0 Å². The van der Waals surface area contributed by atoms with Crippen LogP contribution in [0.5, 0.6) is 0 Å².